The Morgan fingerprint density at radius 3 is 2.69 bits per heavy atom. The van der Waals surface area contributed by atoms with Gasteiger partial charge in [0.2, 0.25) is 5.91 Å². The van der Waals surface area contributed by atoms with Gasteiger partial charge in [-0.15, -0.1) is 11.3 Å². The van der Waals surface area contributed by atoms with Gasteiger partial charge in [0.15, 0.2) is 0 Å². The maximum atomic E-state index is 11.6. The number of amides is 1. The Labute approximate surface area is 105 Å². The highest BCUT2D eigenvalue weighted by molar-refractivity contribution is 9.10. The van der Waals surface area contributed by atoms with Crippen LogP contribution in [0.2, 0.25) is 0 Å². The zero-order chi connectivity index (χ0) is 11.8. The molecular weight excluding hydrogens is 294 g/mol. The molecule has 1 aromatic rings. The summed E-state index contributed by atoms with van der Waals surface area (Å²) in [6.07, 6.45) is 0.893. The SMILES string of the molecule is O=C(O)C1(C(=O)NCc2cc(Br)cs2)CC1. The van der Waals surface area contributed by atoms with Crippen LogP contribution in [0, 0.1) is 5.41 Å². The van der Waals surface area contributed by atoms with Gasteiger partial charge in [-0.1, -0.05) is 0 Å². The van der Waals surface area contributed by atoms with Crippen LogP contribution < -0.4 is 5.32 Å². The van der Waals surface area contributed by atoms with Crippen LogP contribution in [-0.2, 0) is 16.1 Å². The normalized spacial score (nSPS) is 16.8. The van der Waals surface area contributed by atoms with Crippen molar-refractivity contribution in [1.29, 1.82) is 0 Å². The van der Waals surface area contributed by atoms with Crippen LogP contribution in [0.25, 0.3) is 0 Å². The van der Waals surface area contributed by atoms with E-state index in [0.717, 1.165) is 9.35 Å². The first-order chi connectivity index (χ1) is 7.54. The lowest BCUT2D eigenvalue weighted by atomic mass is 10.1. The molecule has 0 atom stereocenters. The van der Waals surface area contributed by atoms with Crippen molar-refractivity contribution in [3.05, 3.63) is 20.8 Å². The van der Waals surface area contributed by atoms with Gasteiger partial charge in [-0.05, 0) is 34.8 Å². The van der Waals surface area contributed by atoms with Gasteiger partial charge in [0.05, 0.1) is 6.54 Å². The molecule has 2 rings (SSSR count). The second kappa shape index (κ2) is 4.18. The highest BCUT2D eigenvalue weighted by atomic mass is 79.9. The van der Waals surface area contributed by atoms with Gasteiger partial charge in [-0.2, -0.15) is 0 Å². The van der Waals surface area contributed by atoms with Crippen molar-refractivity contribution >= 4 is 39.1 Å². The zero-order valence-electron chi connectivity index (χ0n) is 8.33. The summed E-state index contributed by atoms with van der Waals surface area (Å²) in [5.74, 6) is -1.39. The summed E-state index contributed by atoms with van der Waals surface area (Å²) < 4.78 is 0.973. The molecule has 0 aromatic carbocycles. The lowest BCUT2D eigenvalue weighted by Crippen LogP contribution is -2.36. The molecule has 86 valence electrons. The van der Waals surface area contributed by atoms with Gasteiger partial charge in [-0.25, -0.2) is 0 Å². The zero-order valence-corrected chi connectivity index (χ0v) is 10.7. The minimum absolute atomic E-state index is 0.371. The van der Waals surface area contributed by atoms with Gasteiger partial charge >= 0.3 is 5.97 Å². The molecule has 4 nitrogen and oxygen atoms in total. The van der Waals surface area contributed by atoms with Gasteiger partial charge in [0, 0.05) is 14.7 Å². The molecule has 1 aliphatic carbocycles. The van der Waals surface area contributed by atoms with Crippen molar-refractivity contribution in [3.8, 4) is 0 Å². The van der Waals surface area contributed by atoms with Crippen LogP contribution in [0.5, 0.6) is 0 Å². The predicted octanol–water partition coefficient (Wildman–Crippen LogP) is 1.99. The van der Waals surface area contributed by atoms with Gasteiger partial charge in [0.25, 0.3) is 0 Å². The Hall–Kier alpha value is -0.880. The van der Waals surface area contributed by atoms with Crippen molar-refractivity contribution in [2.45, 2.75) is 19.4 Å². The molecule has 0 saturated heterocycles. The Kier molecular flexibility index (Phi) is 3.03. The molecule has 0 bridgehead atoms. The summed E-state index contributed by atoms with van der Waals surface area (Å²) >= 11 is 4.84. The molecule has 6 heteroatoms. The lowest BCUT2D eigenvalue weighted by molar-refractivity contribution is -0.149. The standard InChI is InChI=1S/C10H10BrNO3S/c11-6-3-7(16-5-6)4-12-8(13)10(1-2-10)9(14)15/h3,5H,1-2,4H2,(H,12,13)(H,14,15). The van der Waals surface area contributed by atoms with Gasteiger partial charge in [-0.3, -0.25) is 9.59 Å². The van der Waals surface area contributed by atoms with E-state index in [2.05, 4.69) is 21.2 Å². The second-order valence-corrected chi connectivity index (χ2v) is 5.71. The van der Waals surface area contributed by atoms with E-state index in [1.807, 2.05) is 11.4 Å². The number of carbonyl (C=O) groups excluding carboxylic acids is 1. The monoisotopic (exact) mass is 303 g/mol. The number of hydrogen-bond acceptors (Lipinski definition) is 3. The fourth-order valence-electron chi connectivity index (χ4n) is 1.45. The van der Waals surface area contributed by atoms with Gasteiger partial charge in [0.1, 0.15) is 5.41 Å². The number of aliphatic carboxylic acids is 1. The number of carboxylic acids is 1. The molecule has 2 N–H and O–H groups in total. The molecule has 0 unspecified atom stereocenters. The Morgan fingerprint density at radius 2 is 2.25 bits per heavy atom. The molecule has 1 heterocycles. The fraction of sp³-hybridized carbons (Fsp3) is 0.400. The molecule has 16 heavy (non-hydrogen) atoms. The van der Waals surface area contributed by atoms with Crippen LogP contribution in [0.15, 0.2) is 15.9 Å². The molecule has 1 aromatic heterocycles. The first-order valence-corrected chi connectivity index (χ1v) is 6.46. The van der Waals surface area contributed by atoms with Crippen molar-refractivity contribution in [2.75, 3.05) is 0 Å². The third kappa shape index (κ3) is 2.12. The maximum absolute atomic E-state index is 11.6. The Bertz CT molecular complexity index is 439. The number of carboxylic acid groups (broad SMARTS) is 1. The van der Waals surface area contributed by atoms with Crippen molar-refractivity contribution < 1.29 is 14.7 Å². The van der Waals surface area contributed by atoms with E-state index < -0.39 is 11.4 Å². The van der Waals surface area contributed by atoms with Crippen molar-refractivity contribution in [3.63, 3.8) is 0 Å². The average Bonchev–Trinajstić information content (AvgIpc) is 2.95. The lowest BCUT2D eigenvalue weighted by Gasteiger charge is -2.09. The maximum Gasteiger partial charge on any atom is 0.319 e. The average molecular weight is 304 g/mol. The highest BCUT2D eigenvalue weighted by Gasteiger charge is 2.56. The number of hydrogen-bond donors (Lipinski definition) is 2. The molecule has 1 amide bonds. The van der Waals surface area contributed by atoms with Crippen molar-refractivity contribution in [2.24, 2.45) is 5.41 Å². The predicted molar refractivity (Wildman–Crippen MR) is 63.2 cm³/mol. The molecule has 0 aliphatic heterocycles. The summed E-state index contributed by atoms with van der Waals surface area (Å²) in [4.78, 5) is 23.5. The van der Waals surface area contributed by atoms with Crippen LogP contribution >= 0.6 is 27.3 Å². The van der Waals surface area contributed by atoms with E-state index in [1.165, 1.54) is 11.3 Å². The summed E-state index contributed by atoms with van der Waals surface area (Å²) in [5, 5.41) is 13.5. The smallest absolute Gasteiger partial charge is 0.319 e. The first-order valence-electron chi connectivity index (χ1n) is 4.79. The molecular formula is C10H10BrNO3S. The van der Waals surface area contributed by atoms with E-state index in [0.29, 0.717) is 19.4 Å². The van der Waals surface area contributed by atoms with Crippen LogP contribution in [0.3, 0.4) is 0 Å². The molecule has 1 fully saturated rings. The summed E-state index contributed by atoms with van der Waals surface area (Å²) in [7, 11) is 0. The topological polar surface area (TPSA) is 66.4 Å². The van der Waals surface area contributed by atoms with E-state index in [9.17, 15) is 9.59 Å². The van der Waals surface area contributed by atoms with E-state index in [1.54, 1.807) is 0 Å². The van der Waals surface area contributed by atoms with E-state index in [4.69, 9.17) is 5.11 Å². The van der Waals surface area contributed by atoms with Crippen LogP contribution in [0.1, 0.15) is 17.7 Å². The molecule has 0 spiro atoms. The number of rotatable bonds is 4. The molecule has 1 aliphatic rings. The first kappa shape index (κ1) is 11.6. The van der Waals surface area contributed by atoms with E-state index in [-0.39, 0.29) is 5.91 Å². The van der Waals surface area contributed by atoms with E-state index >= 15 is 0 Å². The number of carbonyl (C=O) groups is 2. The van der Waals surface area contributed by atoms with Crippen LogP contribution in [0.4, 0.5) is 0 Å². The second-order valence-electron chi connectivity index (χ2n) is 3.80. The Balaban J connectivity index is 1.92. The minimum Gasteiger partial charge on any atom is -0.480 e. The third-order valence-electron chi connectivity index (χ3n) is 2.64. The fourth-order valence-corrected chi connectivity index (χ4v) is 2.84. The van der Waals surface area contributed by atoms with Gasteiger partial charge < -0.3 is 10.4 Å². The quantitative estimate of drug-likeness (QED) is 0.836. The summed E-state index contributed by atoms with van der Waals surface area (Å²) in [5.41, 5.74) is -1.14. The highest BCUT2D eigenvalue weighted by Crippen LogP contribution is 2.46. The summed E-state index contributed by atoms with van der Waals surface area (Å²) in [6.45, 7) is 0.393. The number of halogens is 1. The third-order valence-corrected chi connectivity index (χ3v) is 4.34. The molecule has 0 radical (unpaired) electrons. The number of thiophene rings is 1. The number of nitrogens with one attached hydrogen (secondary N) is 1. The van der Waals surface area contributed by atoms with Crippen LogP contribution in [-0.4, -0.2) is 17.0 Å². The molecule has 1 saturated carbocycles. The largest absolute Gasteiger partial charge is 0.480 e. The van der Waals surface area contributed by atoms with Crippen molar-refractivity contribution in [1.82, 2.24) is 5.32 Å². The Morgan fingerprint density at radius 1 is 1.56 bits per heavy atom. The minimum atomic E-state index is -1.14. The summed E-state index contributed by atoms with van der Waals surface area (Å²) in [6, 6.07) is 1.91.